The summed E-state index contributed by atoms with van der Waals surface area (Å²) < 4.78 is 13.3. The fourth-order valence-corrected chi connectivity index (χ4v) is 1.66. The Morgan fingerprint density at radius 3 is 2.72 bits per heavy atom. The van der Waals surface area contributed by atoms with Gasteiger partial charge in [-0.05, 0) is 25.5 Å². The van der Waals surface area contributed by atoms with Crippen molar-refractivity contribution in [1.82, 2.24) is 0 Å². The predicted molar refractivity (Wildman–Crippen MR) is 65.8 cm³/mol. The van der Waals surface area contributed by atoms with Gasteiger partial charge in [0, 0.05) is 13.6 Å². The zero-order chi connectivity index (χ0) is 13.9. The highest BCUT2D eigenvalue weighted by Crippen LogP contribution is 2.30. The van der Waals surface area contributed by atoms with Crippen molar-refractivity contribution in [3.8, 4) is 6.07 Å². The number of benzene rings is 1. The average Bonchev–Trinajstić information content (AvgIpc) is 2.31. The molecule has 1 aromatic carbocycles. The third-order valence-electron chi connectivity index (χ3n) is 2.63. The highest BCUT2D eigenvalue weighted by atomic mass is 19.1. The van der Waals surface area contributed by atoms with E-state index in [0.717, 1.165) is 6.07 Å². The van der Waals surface area contributed by atoms with E-state index in [1.165, 1.54) is 6.07 Å². The lowest BCUT2D eigenvalue weighted by Gasteiger charge is -2.20. The van der Waals surface area contributed by atoms with Crippen LogP contribution in [-0.4, -0.2) is 18.5 Å². The molecule has 18 heavy (non-hydrogen) atoms. The van der Waals surface area contributed by atoms with Crippen LogP contribution in [0.15, 0.2) is 12.1 Å². The average molecular weight is 251 g/mol. The standard InChI is InChI=1S/C12H14FN3O2/c1-8(6-14)7-15(3)11-4-9(2)10(13)5-12(11)16(17)18/h4-5,8H,7H2,1-3H3. The maximum Gasteiger partial charge on any atom is 0.295 e. The number of nitrogens with zero attached hydrogens (tertiary/aromatic N) is 3. The highest BCUT2D eigenvalue weighted by molar-refractivity contribution is 5.64. The van der Waals surface area contributed by atoms with E-state index in [9.17, 15) is 14.5 Å². The summed E-state index contributed by atoms with van der Waals surface area (Å²) in [6, 6.07) is 4.40. The molecule has 1 unspecified atom stereocenters. The van der Waals surface area contributed by atoms with E-state index in [1.807, 2.05) is 0 Å². The highest BCUT2D eigenvalue weighted by Gasteiger charge is 2.20. The van der Waals surface area contributed by atoms with Crippen LogP contribution in [0.25, 0.3) is 0 Å². The van der Waals surface area contributed by atoms with Gasteiger partial charge in [-0.3, -0.25) is 10.1 Å². The number of nitro groups is 1. The third kappa shape index (κ3) is 2.94. The van der Waals surface area contributed by atoms with Crippen LogP contribution in [0, 0.1) is 40.1 Å². The summed E-state index contributed by atoms with van der Waals surface area (Å²) in [6.07, 6.45) is 0. The number of hydrogen-bond acceptors (Lipinski definition) is 4. The number of rotatable bonds is 4. The molecule has 0 aliphatic carbocycles. The van der Waals surface area contributed by atoms with Crippen LogP contribution in [0.1, 0.15) is 12.5 Å². The quantitative estimate of drug-likeness (QED) is 0.609. The molecule has 6 heteroatoms. The van der Waals surface area contributed by atoms with Gasteiger partial charge in [0.05, 0.1) is 23.0 Å². The summed E-state index contributed by atoms with van der Waals surface area (Å²) in [5.74, 6) is -0.868. The summed E-state index contributed by atoms with van der Waals surface area (Å²) in [5.41, 5.74) is 0.374. The topological polar surface area (TPSA) is 70.2 Å². The maximum atomic E-state index is 13.3. The van der Waals surface area contributed by atoms with Gasteiger partial charge in [-0.25, -0.2) is 4.39 Å². The first-order valence-corrected chi connectivity index (χ1v) is 5.42. The van der Waals surface area contributed by atoms with Crippen LogP contribution < -0.4 is 4.90 Å². The van der Waals surface area contributed by atoms with E-state index in [-0.39, 0.29) is 11.6 Å². The molecular weight excluding hydrogens is 237 g/mol. The van der Waals surface area contributed by atoms with Gasteiger partial charge < -0.3 is 4.90 Å². The van der Waals surface area contributed by atoms with E-state index < -0.39 is 10.7 Å². The number of nitriles is 1. The van der Waals surface area contributed by atoms with Crippen molar-refractivity contribution in [2.24, 2.45) is 5.92 Å². The van der Waals surface area contributed by atoms with Gasteiger partial charge in [0.25, 0.3) is 5.69 Å². The van der Waals surface area contributed by atoms with E-state index in [4.69, 9.17) is 5.26 Å². The molecule has 0 N–H and O–H groups in total. The molecule has 1 aromatic rings. The Bertz CT molecular complexity index is 511. The Morgan fingerprint density at radius 2 is 2.22 bits per heavy atom. The molecule has 0 heterocycles. The van der Waals surface area contributed by atoms with Crippen molar-refractivity contribution in [3.05, 3.63) is 33.6 Å². The molecule has 0 radical (unpaired) electrons. The lowest BCUT2D eigenvalue weighted by molar-refractivity contribution is -0.384. The van der Waals surface area contributed by atoms with Crippen LogP contribution >= 0.6 is 0 Å². The van der Waals surface area contributed by atoms with E-state index in [0.29, 0.717) is 17.8 Å². The van der Waals surface area contributed by atoms with Gasteiger partial charge in [-0.1, -0.05) is 0 Å². The molecule has 5 nitrogen and oxygen atoms in total. The fraction of sp³-hybridized carbons (Fsp3) is 0.417. The zero-order valence-corrected chi connectivity index (χ0v) is 10.5. The molecule has 0 saturated carbocycles. The number of halogens is 1. The molecular formula is C12H14FN3O2. The summed E-state index contributed by atoms with van der Waals surface area (Å²) in [6.45, 7) is 3.62. The first kappa shape index (κ1) is 13.9. The van der Waals surface area contributed by atoms with Gasteiger partial charge >= 0.3 is 0 Å². The Balaban J connectivity index is 3.18. The van der Waals surface area contributed by atoms with Gasteiger partial charge in [-0.2, -0.15) is 5.26 Å². The minimum Gasteiger partial charge on any atom is -0.368 e. The van der Waals surface area contributed by atoms with Gasteiger partial charge in [0.15, 0.2) is 0 Å². The molecule has 0 saturated heterocycles. The van der Waals surface area contributed by atoms with Crippen molar-refractivity contribution in [1.29, 1.82) is 5.26 Å². The monoisotopic (exact) mass is 251 g/mol. The Morgan fingerprint density at radius 1 is 1.61 bits per heavy atom. The van der Waals surface area contributed by atoms with Crippen molar-refractivity contribution < 1.29 is 9.31 Å². The molecule has 0 aromatic heterocycles. The predicted octanol–water partition coefficient (Wildman–Crippen LogP) is 2.64. The Hall–Kier alpha value is -2.16. The minimum atomic E-state index is -0.620. The number of aryl methyl sites for hydroxylation is 1. The Kier molecular flexibility index (Phi) is 4.21. The molecule has 0 fully saturated rings. The SMILES string of the molecule is Cc1cc(N(C)CC(C)C#N)c([N+](=O)[O-])cc1F. The van der Waals surface area contributed by atoms with Gasteiger partial charge in [0.2, 0.25) is 0 Å². The van der Waals surface area contributed by atoms with Crippen LogP contribution in [-0.2, 0) is 0 Å². The molecule has 0 spiro atoms. The molecule has 0 aliphatic rings. The number of anilines is 1. The molecule has 0 bridgehead atoms. The van der Waals surface area contributed by atoms with Crippen LogP contribution in [0.5, 0.6) is 0 Å². The van der Waals surface area contributed by atoms with Gasteiger partial charge in [-0.15, -0.1) is 0 Å². The smallest absolute Gasteiger partial charge is 0.295 e. The van der Waals surface area contributed by atoms with Crippen molar-refractivity contribution >= 4 is 11.4 Å². The van der Waals surface area contributed by atoms with Crippen LogP contribution in [0.2, 0.25) is 0 Å². The first-order valence-electron chi connectivity index (χ1n) is 5.42. The van der Waals surface area contributed by atoms with E-state index in [2.05, 4.69) is 6.07 Å². The van der Waals surface area contributed by atoms with Gasteiger partial charge in [0.1, 0.15) is 11.5 Å². The first-order chi connectivity index (χ1) is 8.36. The molecule has 0 aliphatic heterocycles. The minimum absolute atomic E-state index is 0.264. The van der Waals surface area contributed by atoms with E-state index >= 15 is 0 Å². The number of nitro benzene ring substituents is 1. The zero-order valence-electron chi connectivity index (χ0n) is 10.5. The third-order valence-corrected chi connectivity index (χ3v) is 2.63. The molecule has 0 amide bonds. The summed E-state index contributed by atoms with van der Waals surface area (Å²) >= 11 is 0. The summed E-state index contributed by atoms with van der Waals surface area (Å²) in [5, 5.41) is 19.6. The van der Waals surface area contributed by atoms with Crippen LogP contribution in [0.4, 0.5) is 15.8 Å². The lowest BCUT2D eigenvalue weighted by Crippen LogP contribution is -2.24. The largest absolute Gasteiger partial charge is 0.368 e. The Labute approximate surface area is 105 Å². The lowest BCUT2D eigenvalue weighted by atomic mass is 10.1. The number of hydrogen-bond donors (Lipinski definition) is 0. The van der Waals surface area contributed by atoms with E-state index in [1.54, 1.807) is 25.8 Å². The second-order valence-corrected chi connectivity index (χ2v) is 4.26. The normalized spacial score (nSPS) is 11.7. The summed E-state index contributed by atoms with van der Waals surface area (Å²) in [4.78, 5) is 11.9. The van der Waals surface area contributed by atoms with Crippen molar-refractivity contribution in [3.63, 3.8) is 0 Å². The van der Waals surface area contributed by atoms with Crippen LogP contribution in [0.3, 0.4) is 0 Å². The van der Waals surface area contributed by atoms with Crippen molar-refractivity contribution in [2.45, 2.75) is 13.8 Å². The maximum absolute atomic E-state index is 13.3. The second kappa shape index (κ2) is 5.45. The fourth-order valence-electron chi connectivity index (χ4n) is 1.66. The van der Waals surface area contributed by atoms with Crippen molar-refractivity contribution in [2.75, 3.05) is 18.5 Å². The summed E-state index contributed by atoms with van der Waals surface area (Å²) in [7, 11) is 1.65. The molecule has 96 valence electrons. The second-order valence-electron chi connectivity index (χ2n) is 4.26. The molecule has 1 rings (SSSR count). The molecule has 1 atom stereocenters.